The van der Waals surface area contributed by atoms with Gasteiger partial charge in [0.1, 0.15) is 5.75 Å². The van der Waals surface area contributed by atoms with Crippen molar-refractivity contribution in [2.45, 2.75) is 44.3 Å². The maximum atomic E-state index is 14.7. The lowest BCUT2D eigenvalue weighted by atomic mass is 10.1. The van der Waals surface area contributed by atoms with Crippen LogP contribution in [0.4, 0.5) is 27.8 Å². The van der Waals surface area contributed by atoms with Crippen LogP contribution >= 0.6 is 0 Å². The van der Waals surface area contributed by atoms with Gasteiger partial charge in [0.25, 0.3) is 11.8 Å². The number of amides is 1. The lowest BCUT2D eigenvalue weighted by Crippen LogP contribution is -2.38. The molecule has 0 bridgehead atoms. The fourth-order valence-electron chi connectivity index (χ4n) is 3.50. The van der Waals surface area contributed by atoms with Crippen molar-refractivity contribution in [3.05, 3.63) is 47.7 Å². The maximum Gasteiger partial charge on any atom is 0.573 e. The van der Waals surface area contributed by atoms with E-state index < -0.39 is 36.4 Å². The summed E-state index contributed by atoms with van der Waals surface area (Å²) in [6.07, 6.45) is -4.86. The number of nitrogen functional groups attached to an aromatic ring is 1. The zero-order valence-corrected chi connectivity index (χ0v) is 19.6. The summed E-state index contributed by atoms with van der Waals surface area (Å²) in [6, 6.07) is 6.40. The number of nitrogens with one attached hydrogen (secondary N) is 1. The largest absolute Gasteiger partial charge is 0.573 e. The SMILES string of the molecule is CC(C)(O)CNC(=O)c1cnc(N)c(O[C@@H]2CN(CCc3ccc(OC(F)(F)F)cc3)CC2(F)F)c1. The highest BCUT2D eigenvalue weighted by atomic mass is 19.4. The highest BCUT2D eigenvalue weighted by Gasteiger charge is 2.50. The van der Waals surface area contributed by atoms with Gasteiger partial charge in [0.15, 0.2) is 17.7 Å². The lowest BCUT2D eigenvalue weighted by molar-refractivity contribution is -0.274. The predicted molar refractivity (Wildman–Crippen MR) is 120 cm³/mol. The van der Waals surface area contributed by atoms with E-state index >= 15 is 0 Å². The first-order chi connectivity index (χ1) is 16.6. The zero-order chi connectivity index (χ0) is 26.7. The Labute approximate surface area is 204 Å². The van der Waals surface area contributed by atoms with Gasteiger partial charge in [-0.2, -0.15) is 0 Å². The molecule has 198 valence electrons. The number of benzene rings is 1. The van der Waals surface area contributed by atoms with Crippen LogP contribution in [-0.2, 0) is 6.42 Å². The molecule has 0 unspecified atom stereocenters. The van der Waals surface area contributed by atoms with Crippen LogP contribution in [0.1, 0.15) is 29.8 Å². The summed E-state index contributed by atoms with van der Waals surface area (Å²) in [4.78, 5) is 17.6. The monoisotopic (exact) mass is 518 g/mol. The number of aromatic nitrogens is 1. The molecule has 1 aromatic heterocycles. The third kappa shape index (κ3) is 7.92. The van der Waals surface area contributed by atoms with Gasteiger partial charge >= 0.3 is 6.36 Å². The minimum absolute atomic E-state index is 0.0274. The van der Waals surface area contributed by atoms with Gasteiger partial charge in [0.05, 0.1) is 17.7 Å². The van der Waals surface area contributed by atoms with Gasteiger partial charge in [-0.15, -0.1) is 13.2 Å². The van der Waals surface area contributed by atoms with E-state index in [1.165, 1.54) is 43.1 Å². The van der Waals surface area contributed by atoms with Gasteiger partial charge in [-0.25, -0.2) is 13.8 Å². The third-order valence-electron chi connectivity index (χ3n) is 5.30. The molecule has 1 aromatic carbocycles. The molecule has 1 saturated heterocycles. The Balaban J connectivity index is 1.59. The first-order valence-electron chi connectivity index (χ1n) is 11.0. The van der Waals surface area contributed by atoms with Crippen molar-refractivity contribution in [1.82, 2.24) is 15.2 Å². The number of hydrogen-bond donors (Lipinski definition) is 3. The summed E-state index contributed by atoms with van der Waals surface area (Å²) < 4.78 is 75.4. The van der Waals surface area contributed by atoms with Crippen LogP contribution in [0.2, 0.25) is 0 Å². The second kappa shape index (κ2) is 10.4. The van der Waals surface area contributed by atoms with E-state index in [4.69, 9.17) is 10.5 Å². The molecule has 2 aromatic rings. The Morgan fingerprint density at radius 2 is 1.94 bits per heavy atom. The second-order valence-electron chi connectivity index (χ2n) is 9.15. The first kappa shape index (κ1) is 27.4. The molecule has 0 aliphatic carbocycles. The van der Waals surface area contributed by atoms with Crippen LogP contribution in [0.3, 0.4) is 0 Å². The summed E-state index contributed by atoms with van der Waals surface area (Å²) in [6.45, 7) is 2.45. The second-order valence-corrected chi connectivity index (χ2v) is 9.15. The summed E-state index contributed by atoms with van der Waals surface area (Å²) in [5.41, 5.74) is 5.30. The molecule has 1 amide bonds. The minimum atomic E-state index is -4.80. The fourth-order valence-corrected chi connectivity index (χ4v) is 3.50. The van der Waals surface area contributed by atoms with Crippen molar-refractivity contribution in [2.75, 3.05) is 31.9 Å². The smallest absolute Gasteiger partial charge is 0.479 e. The number of alkyl halides is 5. The molecule has 1 aliphatic heterocycles. The third-order valence-corrected chi connectivity index (χ3v) is 5.30. The number of nitrogens with two attached hydrogens (primary N) is 1. The van der Waals surface area contributed by atoms with E-state index in [-0.39, 0.29) is 42.5 Å². The van der Waals surface area contributed by atoms with E-state index in [9.17, 15) is 31.9 Å². The Kier molecular flexibility index (Phi) is 7.94. The Bertz CT molecular complexity index is 1060. The number of likely N-dealkylation sites (tertiary alicyclic amines) is 1. The summed E-state index contributed by atoms with van der Waals surface area (Å²) >= 11 is 0. The molecule has 36 heavy (non-hydrogen) atoms. The molecular weight excluding hydrogens is 491 g/mol. The fraction of sp³-hybridized carbons (Fsp3) is 0.478. The molecule has 0 saturated carbocycles. The molecule has 4 N–H and O–H groups in total. The van der Waals surface area contributed by atoms with Gasteiger partial charge in [0.2, 0.25) is 0 Å². The molecule has 3 rings (SSSR count). The molecule has 13 heteroatoms. The molecule has 0 radical (unpaired) electrons. The van der Waals surface area contributed by atoms with Crippen molar-refractivity contribution in [1.29, 1.82) is 0 Å². The average molecular weight is 518 g/mol. The van der Waals surface area contributed by atoms with Crippen molar-refractivity contribution >= 4 is 11.7 Å². The molecule has 1 aliphatic rings. The summed E-state index contributed by atoms with van der Waals surface area (Å²) in [5.74, 6) is -4.51. The summed E-state index contributed by atoms with van der Waals surface area (Å²) in [5, 5.41) is 12.2. The van der Waals surface area contributed by atoms with Crippen molar-refractivity contribution in [3.8, 4) is 11.5 Å². The standard InChI is InChI=1S/C23H27F5N4O4/c1-21(2,34)12-31-20(33)15-9-17(19(29)30-10-15)35-18-11-32(13-22(18,24)25)8-7-14-3-5-16(6-4-14)36-23(26,27)28/h3-6,9-10,18,34H,7-8,11-13H2,1-2H3,(H2,29,30)(H,31,33)/t18-/m1/s1. The van der Waals surface area contributed by atoms with Gasteiger partial charge in [-0.05, 0) is 44.0 Å². The van der Waals surface area contributed by atoms with Crippen molar-refractivity contribution in [3.63, 3.8) is 0 Å². The first-order valence-corrected chi connectivity index (χ1v) is 11.0. The maximum absolute atomic E-state index is 14.7. The molecule has 1 fully saturated rings. The molecule has 0 spiro atoms. The van der Waals surface area contributed by atoms with Crippen LogP contribution in [0.25, 0.3) is 0 Å². The van der Waals surface area contributed by atoms with Gasteiger partial charge in [-0.3, -0.25) is 9.69 Å². The van der Waals surface area contributed by atoms with Crippen molar-refractivity contribution < 1.29 is 41.3 Å². The topological polar surface area (TPSA) is 110 Å². The highest BCUT2D eigenvalue weighted by Crippen LogP contribution is 2.33. The Hall–Kier alpha value is -3.19. The van der Waals surface area contributed by atoms with Crippen LogP contribution < -0.4 is 20.5 Å². The average Bonchev–Trinajstić information content (AvgIpc) is 3.04. The highest BCUT2D eigenvalue weighted by molar-refractivity contribution is 5.94. The predicted octanol–water partition coefficient (Wildman–Crippen LogP) is 3.00. The molecule has 1 atom stereocenters. The van der Waals surface area contributed by atoms with E-state index in [1.54, 1.807) is 0 Å². The van der Waals surface area contributed by atoms with Crippen LogP contribution in [-0.4, -0.2) is 71.1 Å². The van der Waals surface area contributed by atoms with Crippen LogP contribution in [0.15, 0.2) is 36.5 Å². The Morgan fingerprint density at radius 1 is 1.28 bits per heavy atom. The van der Waals surface area contributed by atoms with Crippen molar-refractivity contribution in [2.24, 2.45) is 0 Å². The number of ether oxygens (including phenoxy) is 2. The number of aliphatic hydroxyl groups is 1. The molecule has 8 nitrogen and oxygen atoms in total. The summed E-state index contributed by atoms with van der Waals surface area (Å²) in [7, 11) is 0. The van der Waals surface area contributed by atoms with Gasteiger partial charge in [0, 0.05) is 25.8 Å². The number of halogens is 5. The van der Waals surface area contributed by atoms with E-state index in [2.05, 4.69) is 15.0 Å². The zero-order valence-electron chi connectivity index (χ0n) is 19.6. The lowest BCUT2D eigenvalue weighted by Gasteiger charge is -2.21. The number of pyridine rings is 1. The van der Waals surface area contributed by atoms with Crippen LogP contribution in [0, 0.1) is 0 Å². The number of hydrogen-bond acceptors (Lipinski definition) is 7. The van der Waals surface area contributed by atoms with E-state index in [1.807, 2.05) is 0 Å². The van der Waals surface area contributed by atoms with Gasteiger partial charge in [-0.1, -0.05) is 12.1 Å². The number of rotatable bonds is 9. The molecular formula is C23H27F5N4O4. The number of anilines is 1. The minimum Gasteiger partial charge on any atom is -0.479 e. The Morgan fingerprint density at radius 3 is 2.56 bits per heavy atom. The number of carbonyl (C=O) groups is 1. The van der Waals surface area contributed by atoms with Gasteiger partial charge < -0.3 is 25.6 Å². The normalized spacial score (nSPS) is 18.2. The molecule has 2 heterocycles. The van der Waals surface area contributed by atoms with Crippen LogP contribution in [0.5, 0.6) is 11.5 Å². The quantitative estimate of drug-likeness (QED) is 0.438. The van der Waals surface area contributed by atoms with E-state index in [0.717, 1.165) is 12.1 Å². The number of nitrogens with zero attached hydrogens (tertiary/aromatic N) is 2. The number of carbonyl (C=O) groups excluding carboxylic acids is 1. The van der Waals surface area contributed by atoms with E-state index in [0.29, 0.717) is 12.0 Å².